The van der Waals surface area contributed by atoms with Crippen LogP contribution in [0.25, 0.3) is 10.8 Å². The Labute approximate surface area is 178 Å². The highest BCUT2D eigenvalue weighted by Gasteiger charge is 2.31. The molecule has 1 aliphatic rings. The Morgan fingerprint density at radius 3 is 2.42 bits per heavy atom. The van der Waals surface area contributed by atoms with Crippen LogP contribution in [0.5, 0.6) is 5.75 Å². The van der Waals surface area contributed by atoms with Crippen LogP contribution in [0.15, 0.2) is 66.7 Å². The highest BCUT2D eigenvalue weighted by atomic mass is 19.4. The van der Waals surface area contributed by atoms with Gasteiger partial charge in [0.05, 0.1) is 0 Å². The van der Waals surface area contributed by atoms with Gasteiger partial charge in [-0.05, 0) is 53.4 Å². The first-order valence-electron chi connectivity index (χ1n) is 10.2. The number of nitrogens with zero attached hydrogens (tertiary/aromatic N) is 1. The molecule has 0 saturated heterocycles. The van der Waals surface area contributed by atoms with E-state index in [0.29, 0.717) is 24.7 Å². The van der Waals surface area contributed by atoms with Crippen LogP contribution in [0.1, 0.15) is 24.8 Å². The number of fused-ring (bicyclic) bond motifs is 1. The van der Waals surface area contributed by atoms with Crippen molar-refractivity contribution in [2.24, 2.45) is 0 Å². The topological polar surface area (TPSA) is 41.6 Å². The quantitative estimate of drug-likeness (QED) is 0.498. The average molecular weight is 428 g/mol. The van der Waals surface area contributed by atoms with Gasteiger partial charge in [-0.2, -0.15) is 0 Å². The lowest BCUT2D eigenvalue weighted by Crippen LogP contribution is -2.29. The maximum Gasteiger partial charge on any atom is 0.573 e. The maximum absolute atomic E-state index is 12.4. The van der Waals surface area contributed by atoms with Crippen molar-refractivity contribution in [3.8, 4) is 5.75 Å². The number of nitrogens with one attached hydrogen (secondary N) is 1. The molecule has 0 atom stereocenters. The summed E-state index contributed by atoms with van der Waals surface area (Å²) in [4.78, 5) is 14.7. The summed E-state index contributed by atoms with van der Waals surface area (Å²) in [5.41, 5.74) is 1.68. The Kier molecular flexibility index (Phi) is 6.13. The standard InChI is InChI=1S/C24H23F3N2O2/c25-24(26,27)31-21-12-8-19(9-13-21)28-23(30)14-15-29(20-10-11-20)16-18-6-3-5-17-4-1-2-7-22(17)18/h1-9,12-13,20H,10-11,14-16H2,(H,28,30). The van der Waals surface area contributed by atoms with E-state index in [1.807, 2.05) is 12.1 Å². The van der Waals surface area contributed by atoms with Crippen molar-refractivity contribution in [1.82, 2.24) is 4.90 Å². The second kappa shape index (κ2) is 8.98. The van der Waals surface area contributed by atoms with Crippen LogP contribution in [-0.2, 0) is 11.3 Å². The van der Waals surface area contributed by atoms with E-state index in [1.54, 1.807) is 0 Å². The van der Waals surface area contributed by atoms with Crippen LogP contribution < -0.4 is 10.1 Å². The minimum atomic E-state index is -4.74. The van der Waals surface area contributed by atoms with Crippen LogP contribution in [0, 0.1) is 0 Å². The van der Waals surface area contributed by atoms with Gasteiger partial charge in [0.15, 0.2) is 0 Å². The Bertz CT molecular complexity index is 1040. The van der Waals surface area contributed by atoms with Crippen molar-refractivity contribution in [2.45, 2.75) is 38.2 Å². The number of rotatable bonds is 8. The summed E-state index contributed by atoms with van der Waals surface area (Å²) in [6.07, 6.45) is -2.16. The average Bonchev–Trinajstić information content (AvgIpc) is 3.57. The minimum Gasteiger partial charge on any atom is -0.406 e. The molecule has 0 heterocycles. The molecule has 0 bridgehead atoms. The molecular formula is C24H23F3N2O2. The van der Waals surface area contributed by atoms with Crippen LogP contribution in [0.4, 0.5) is 18.9 Å². The highest BCUT2D eigenvalue weighted by Crippen LogP contribution is 2.30. The van der Waals surface area contributed by atoms with Crippen molar-refractivity contribution in [3.05, 3.63) is 72.3 Å². The fraction of sp³-hybridized carbons (Fsp3) is 0.292. The van der Waals surface area contributed by atoms with Crippen molar-refractivity contribution in [3.63, 3.8) is 0 Å². The van der Waals surface area contributed by atoms with Crippen molar-refractivity contribution in [2.75, 3.05) is 11.9 Å². The molecule has 0 radical (unpaired) electrons. The molecule has 162 valence electrons. The number of ether oxygens (including phenoxy) is 1. The zero-order chi connectivity index (χ0) is 21.8. The van der Waals surface area contributed by atoms with Gasteiger partial charge in [0.25, 0.3) is 0 Å². The lowest BCUT2D eigenvalue weighted by atomic mass is 10.0. The van der Waals surface area contributed by atoms with E-state index >= 15 is 0 Å². The number of carbonyl (C=O) groups excluding carboxylic acids is 1. The molecule has 0 unspecified atom stereocenters. The van der Waals surface area contributed by atoms with Crippen molar-refractivity contribution >= 4 is 22.4 Å². The SMILES string of the molecule is O=C(CCN(Cc1cccc2ccccc12)C1CC1)Nc1ccc(OC(F)(F)F)cc1. The fourth-order valence-corrected chi connectivity index (χ4v) is 3.69. The molecule has 0 aromatic heterocycles. The normalized spacial score (nSPS) is 14.1. The van der Waals surface area contributed by atoms with Crippen molar-refractivity contribution in [1.29, 1.82) is 0 Å². The molecule has 1 amide bonds. The van der Waals surface area contributed by atoms with Crippen LogP contribution in [-0.4, -0.2) is 29.8 Å². The summed E-state index contributed by atoms with van der Waals surface area (Å²) in [7, 11) is 0. The van der Waals surface area contributed by atoms with E-state index in [2.05, 4.69) is 45.3 Å². The second-order valence-corrected chi connectivity index (χ2v) is 7.71. The van der Waals surface area contributed by atoms with Crippen LogP contribution in [0.2, 0.25) is 0 Å². The van der Waals surface area contributed by atoms with E-state index in [-0.39, 0.29) is 11.7 Å². The number of benzene rings is 3. The summed E-state index contributed by atoms with van der Waals surface area (Å²) in [5, 5.41) is 5.16. The summed E-state index contributed by atoms with van der Waals surface area (Å²) in [6, 6.07) is 20.2. The highest BCUT2D eigenvalue weighted by molar-refractivity contribution is 5.91. The Balaban J connectivity index is 1.34. The van der Waals surface area contributed by atoms with Gasteiger partial charge in [-0.1, -0.05) is 42.5 Å². The molecule has 1 fully saturated rings. The molecule has 0 aliphatic heterocycles. The van der Waals surface area contributed by atoms with Crippen LogP contribution >= 0.6 is 0 Å². The Morgan fingerprint density at radius 2 is 1.71 bits per heavy atom. The zero-order valence-electron chi connectivity index (χ0n) is 16.9. The third kappa shape index (κ3) is 5.98. The van der Waals surface area contributed by atoms with Gasteiger partial charge in [-0.15, -0.1) is 13.2 Å². The minimum absolute atomic E-state index is 0.173. The van der Waals surface area contributed by atoms with Gasteiger partial charge in [-0.25, -0.2) is 0 Å². The first-order valence-corrected chi connectivity index (χ1v) is 10.2. The molecular weight excluding hydrogens is 405 g/mol. The second-order valence-electron chi connectivity index (χ2n) is 7.71. The number of hydrogen-bond acceptors (Lipinski definition) is 3. The lowest BCUT2D eigenvalue weighted by molar-refractivity contribution is -0.274. The zero-order valence-corrected chi connectivity index (χ0v) is 16.9. The Hall–Kier alpha value is -3.06. The Morgan fingerprint density at radius 1 is 1.00 bits per heavy atom. The molecule has 4 nitrogen and oxygen atoms in total. The number of carbonyl (C=O) groups is 1. The largest absolute Gasteiger partial charge is 0.573 e. The number of hydrogen-bond donors (Lipinski definition) is 1. The molecule has 0 spiro atoms. The smallest absolute Gasteiger partial charge is 0.406 e. The monoisotopic (exact) mass is 428 g/mol. The predicted molar refractivity (Wildman–Crippen MR) is 114 cm³/mol. The molecule has 3 aromatic rings. The first-order chi connectivity index (χ1) is 14.9. The molecule has 3 aromatic carbocycles. The van der Waals surface area contributed by atoms with E-state index < -0.39 is 6.36 Å². The van der Waals surface area contributed by atoms with Gasteiger partial charge >= 0.3 is 6.36 Å². The lowest BCUT2D eigenvalue weighted by Gasteiger charge is -2.22. The van der Waals surface area contributed by atoms with Gasteiger partial charge in [0.2, 0.25) is 5.91 Å². The van der Waals surface area contributed by atoms with E-state index in [9.17, 15) is 18.0 Å². The summed E-state index contributed by atoms with van der Waals surface area (Å²) in [5.74, 6) is -0.492. The van der Waals surface area contributed by atoms with Gasteiger partial charge in [0.1, 0.15) is 5.75 Å². The number of anilines is 1. The first kappa shape index (κ1) is 21.2. The third-order valence-electron chi connectivity index (χ3n) is 5.31. The van der Waals surface area contributed by atoms with Crippen molar-refractivity contribution < 1.29 is 22.7 Å². The van der Waals surface area contributed by atoms with E-state index in [4.69, 9.17) is 0 Å². The van der Waals surface area contributed by atoms with Gasteiger partial charge in [-0.3, -0.25) is 9.69 Å². The predicted octanol–water partition coefficient (Wildman–Crippen LogP) is 5.73. The molecule has 1 saturated carbocycles. The fourth-order valence-electron chi connectivity index (χ4n) is 3.69. The summed E-state index contributed by atoms with van der Waals surface area (Å²) >= 11 is 0. The summed E-state index contributed by atoms with van der Waals surface area (Å²) in [6.45, 7) is 1.40. The van der Waals surface area contributed by atoms with E-state index in [0.717, 1.165) is 19.4 Å². The number of halogens is 3. The van der Waals surface area contributed by atoms with E-state index in [1.165, 1.54) is 40.6 Å². The molecule has 1 N–H and O–H groups in total. The summed E-state index contributed by atoms with van der Waals surface area (Å²) < 4.78 is 40.6. The maximum atomic E-state index is 12.4. The van der Waals surface area contributed by atoms with Gasteiger partial charge in [0, 0.05) is 31.2 Å². The molecule has 1 aliphatic carbocycles. The molecule has 31 heavy (non-hydrogen) atoms. The van der Waals surface area contributed by atoms with Gasteiger partial charge < -0.3 is 10.1 Å². The molecule has 4 rings (SSSR count). The molecule has 7 heteroatoms. The number of alkyl halides is 3. The third-order valence-corrected chi connectivity index (χ3v) is 5.31. The number of amides is 1. The van der Waals surface area contributed by atoms with Crippen LogP contribution in [0.3, 0.4) is 0 Å².